The molecule has 7 heteroatoms. The molecular weight excluding hydrogens is 342 g/mol. The number of likely N-dealkylation sites (N-methyl/N-ethyl adjacent to an activating group) is 1. The highest BCUT2D eigenvalue weighted by molar-refractivity contribution is 5.65. The zero-order valence-electron chi connectivity index (χ0n) is 15.1. The largest absolute Gasteiger partial charge is 0.508 e. The Labute approximate surface area is 157 Å². The Bertz CT molecular complexity index is 985. The number of hydrogen-bond donors (Lipinski definition) is 3. The smallest absolute Gasteiger partial charge is 0.328 e. The van der Waals surface area contributed by atoms with E-state index in [1.807, 2.05) is 30.3 Å². The van der Waals surface area contributed by atoms with Gasteiger partial charge in [-0.15, -0.1) is 0 Å². The van der Waals surface area contributed by atoms with E-state index in [2.05, 4.69) is 0 Å². The van der Waals surface area contributed by atoms with Crippen molar-refractivity contribution >= 4 is 5.70 Å². The Morgan fingerprint density at radius 1 is 1.04 bits per heavy atom. The summed E-state index contributed by atoms with van der Waals surface area (Å²) >= 11 is 0. The van der Waals surface area contributed by atoms with Gasteiger partial charge in [0.05, 0.1) is 24.5 Å². The fourth-order valence-electron chi connectivity index (χ4n) is 2.83. The molecule has 0 saturated carbocycles. The third-order valence-electron chi connectivity index (χ3n) is 4.35. The van der Waals surface area contributed by atoms with E-state index in [0.717, 1.165) is 11.1 Å². The first-order chi connectivity index (χ1) is 13.0. The maximum absolute atomic E-state index is 12.7. The summed E-state index contributed by atoms with van der Waals surface area (Å²) in [7, 11) is 1.68. The van der Waals surface area contributed by atoms with Gasteiger partial charge in [-0.05, 0) is 35.4 Å². The summed E-state index contributed by atoms with van der Waals surface area (Å²) < 4.78 is 3.20. The summed E-state index contributed by atoms with van der Waals surface area (Å²) in [6, 6.07) is 16.3. The van der Waals surface area contributed by atoms with Crippen LogP contribution in [0.25, 0.3) is 5.70 Å². The Kier molecular flexibility index (Phi) is 5.33. The van der Waals surface area contributed by atoms with E-state index >= 15 is 0 Å². The van der Waals surface area contributed by atoms with Crippen molar-refractivity contribution in [1.29, 1.82) is 0 Å². The van der Waals surface area contributed by atoms with E-state index < -0.39 is 0 Å². The lowest BCUT2D eigenvalue weighted by Gasteiger charge is -2.20. The van der Waals surface area contributed by atoms with E-state index in [1.165, 1.54) is 5.01 Å². The lowest BCUT2D eigenvalue weighted by atomic mass is 10.1. The number of nitrogens with zero attached hydrogens (tertiary/aromatic N) is 3. The number of benzene rings is 2. The van der Waals surface area contributed by atoms with Gasteiger partial charge in [0, 0.05) is 19.4 Å². The van der Waals surface area contributed by atoms with E-state index in [-0.39, 0.29) is 18.0 Å². The minimum atomic E-state index is -0.142. The lowest BCUT2D eigenvalue weighted by molar-refractivity contribution is 0.409. The molecule has 0 spiro atoms. The first-order valence-electron chi connectivity index (χ1n) is 8.51. The monoisotopic (exact) mass is 365 g/mol. The van der Waals surface area contributed by atoms with Crippen LogP contribution in [0, 0.1) is 0 Å². The highest BCUT2D eigenvalue weighted by Gasteiger charge is 2.13. The third kappa shape index (κ3) is 4.21. The Morgan fingerprint density at radius 2 is 1.67 bits per heavy atom. The van der Waals surface area contributed by atoms with Gasteiger partial charge in [-0.3, -0.25) is 9.13 Å². The van der Waals surface area contributed by atoms with Crippen molar-refractivity contribution in [3.8, 4) is 5.75 Å². The maximum Gasteiger partial charge on any atom is 0.328 e. The summed E-state index contributed by atoms with van der Waals surface area (Å²) in [6.07, 6.45) is 3.47. The van der Waals surface area contributed by atoms with Gasteiger partial charge in [0.25, 0.3) is 0 Å². The molecule has 3 aromatic rings. The summed E-state index contributed by atoms with van der Waals surface area (Å²) in [4.78, 5) is 12.7. The van der Waals surface area contributed by atoms with Crippen molar-refractivity contribution in [2.24, 2.45) is 11.6 Å². The molecule has 140 valence electrons. The number of rotatable bonds is 6. The van der Waals surface area contributed by atoms with Crippen LogP contribution in [0.5, 0.6) is 5.75 Å². The predicted molar refractivity (Wildman–Crippen MR) is 105 cm³/mol. The number of phenolic OH excluding ortho intramolecular Hbond substituents is 1. The molecule has 2 aromatic carbocycles. The van der Waals surface area contributed by atoms with Crippen molar-refractivity contribution in [3.63, 3.8) is 0 Å². The molecule has 0 saturated heterocycles. The zero-order valence-corrected chi connectivity index (χ0v) is 15.1. The van der Waals surface area contributed by atoms with E-state index in [1.54, 1.807) is 52.8 Å². The molecule has 27 heavy (non-hydrogen) atoms. The van der Waals surface area contributed by atoms with E-state index in [0.29, 0.717) is 17.9 Å². The summed E-state index contributed by atoms with van der Waals surface area (Å²) in [5.41, 5.74) is 8.94. The van der Waals surface area contributed by atoms with Gasteiger partial charge in [-0.2, -0.15) is 0 Å². The number of imidazole rings is 1. The number of aromatic nitrogens is 2. The van der Waals surface area contributed by atoms with Crippen LogP contribution in [0.1, 0.15) is 11.1 Å². The molecule has 0 aliphatic rings. The number of nitrogens with two attached hydrogens (primary N) is 2. The van der Waals surface area contributed by atoms with Gasteiger partial charge in [-0.1, -0.05) is 30.3 Å². The van der Waals surface area contributed by atoms with Crippen LogP contribution in [0.2, 0.25) is 0 Å². The van der Waals surface area contributed by atoms with E-state index in [4.69, 9.17) is 11.6 Å². The van der Waals surface area contributed by atoms with Crippen LogP contribution in [0.4, 0.5) is 0 Å². The topological polar surface area (TPSA) is 102 Å². The summed E-state index contributed by atoms with van der Waals surface area (Å²) in [6.45, 7) is 0.734. The molecule has 0 radical (unpaired) electrons. The van der Waals surface area contributed by atoms with Crippen molar-refractivity contribution in [3.05, 3.63) is 94.3 Å². The molecule has 1 heterocycles. The molecule has 0 atom stereocenters. The van der Waals surface area contributed by atoms with Crippen LogP contribution in [-0.4, -0.2) is 26.3 Å². The molecular formula is C20H23N5O2. The van der Waals surface area contributed by atoms with Crippen molar-refractivity contribution in [2.45, 2.75) is 13.1 Å². The highest BCUT2D eigenvalue weighted by atomic mass is 16.3. The zero-order chi connectivity index (χ0) is 19.4. The normalized spacial score (nSPS) is 11.9. The fraction of sp³-hybridized carbons (Fsp3) is 0.150. The minimum Gasteiger partial charge on any atom is -0.508 e. The molecule has 5 N–H and O–H groups in total. The van der Waals surface area contributed by atoms with Gasteiger partial charge in [0.15, 0.2) is 0 Å². The van der Waals surface area contributed by atoms with Crippen LogP contribution < -0.4 is 17.3 Å². The second-order valence-electron chi connectivity index (χ2n) is 6.34. The molecule has 0 unspecified atom stereocenters. The fourth-order valence-corrected chi connectivity index (χ4v) is 2.83. The number of aromatic hydroxyl groups is 1. The number of hydrazine groups is 1. The van der Waals surface area contributed by atoms with Crippen LogP contribution in [-0.2, 0) is 13.1 Å². The Balaban J connectivity index is 1.88. The molecule has 3 rings (SSSR count). The standard InChI is InChI=1S/C20H23N5O2/c1-23(22)18(19(21)16-7-9-17(26)10-8-16)14-25-12-11-24(20(25)27)13-15-5-3-2-4-6-15/h2-12,26H,13-14,21-22H2,1H3/b19-18-. The van der Waals surface area contributed by atoms with E-state index in [9.17, 15) is 9.90 Å². The number of hydrogen-bond acceptors (Lipinski definition) is 5. The lowest BCUT2D eigenvalue weighted by Crippen LogP contribution is -2.33. The molecule has 0 bridgehead atoms. The molecule has 0 aliphatic carbocycles. The van der Waals surface area contributed by atoms with Gasteiger partial charge in [-0.25, -0.2) is 10.6 Å². The second-order valence-corrected chi connectivity index (χ2v) is 6.34. The molecule has 7 nitrogen and oxygen atoms in total. The Hall–Kier alpha value is -3.45. The molecule has 0 amide bonds. The van der Waals surface area contributed by atoms with Gasteiger partial charge in [0.2, 0.25) is 0 Å². The maximum atomic E-state index is 12.7. The third-order valence-corrected chi connectivity index (χ3v) is 4.35. The van der Waals surface area contributed by atoms with Crippen LogP contribution in [0.15, 0.2) is 77.5 Å². The van der Waals surface area contributed by atoms with Crippen molar-refractivity contribution in [1.82, 2.24) is 14.1 Å². The van der Waals surface area contributed by atoms with Crippen molar-refractivity contribution < 1.29 is 5.11 Å². The summed E-state index contributed by atoms with van der Waals surface area (Å²) in [5, 5.41) is 10.8. The predicted octanol–water partition coefficient (Wildman–Crippen LogP) is 1.54. The SMILES string of the molecule is CN(N)/C(Cn1ccn(Cc2ccccc2)c1=O)=C(\N)c1ccc(O)cc1. The minimum absolute atomic E-state index is 0.142. The number of allylic oxidation sites excluding steroid dienone is 1. The highest BCUT2D eigenvalue weighted by Crippen LogP contribution is 2.18. The summed E-state index contributed by atoms with van der Waals surface area (Å²) in [5.74, 6) is 6.11. The average Bonchev–Trinajstić information content (AvgIpc) is 3.00. The molecule has 1 aromatic heterocycles. The van der Waals surface area contributed by atoms with Crippen LogP contribution in [0.3, 0.4) is 0 Å². The second kappa shape index (κ2) is 7.84. The molecule has 0 fully saturated rings. The van der Waals surface area contributed by atoms with Gasteiger partial charge < -0.3 is 15.8 Å². The van der Waals surface area contributed by atoms with Crippen LogP contribution >= 0.6 is 0 Å². The average molecular weight is 365 g/mol. The number of phenols is 1. The van der Waals surface area contributed by atoms with Crippen molar-refractivity contribution in [2.75, 3.05) is 7.05 Å². The first kappa shape index (κ1) is 18.3. The van der Waals surface area contributed by atoms with Gasteiger partial charge >= 0.3 is 5.69 Å². The first-order valence-corrected chi connectivity index (χ1v) is 8.51. The molecule has 0 aliphatic heterocycles. The van der Waals surface area contributed by atoms with Gasteiger partial charge in [0.1, 0.15) is 5.75 Å². The quantitative estimate of drug-likeness (QED) is 0.454. The Morgan fingerprint density at radius 3 is 2.30 bits per heavy atom.